The molecule has 19 heavy (non-hydrogen) atoms. The van der Waals surface area contributed by atoms with Crippen molar-refractivity contribution in [2.45, 2.75) is 20.3 Å². The van der Waals surface area contributed by atoms with Gasteiger partial charge in [-0.05, 0) is 44.5 Å². The maximum absolute atomic E-state index is 5.74. The summed E-state index contributed by atoms with van der Waals surface area (Å²) in [4.78, 5) is 2.40. The van der Waals surface area contributed by atoms with Crippen LogP contribution in [0.5, 0.6) is 5.75 Å². The summed E-state index contributed by atoms with van der Waals surface area (Å²) in [7, 11) is 0. The highest BCUT2D eigenvalue weighted by Crippen LogP contribution is 2.30. The Bertz CT molecular complexity index is 388. The average Bonchev–Trinajstić information content (AvgIpc) is 2.69. The van der Waals surface area contributed by atoms with Crippen LogP contribution in [-0.2, 0) is 4.74 Å². The summed E-state index contributed by atoms with van der Waals surface area (Å²) in [5, 5.41) is 3.43. The Morgan fingerprint density at radius 1 is 1.26 bits per heavy atom. The quantitative estimate of drug-likeness (QED) is 0.653. The third kappa shape index (κ3) is 4.11. The summed E-state index contributed by atoms with van der Waals surface area (Å²) < 4.78 is 11.0. The second-order valence-corrected chi connectivity index (χ2v) is 4.82. The van der Waals surface area contributed by atoms with E-state index in [2.05, 4.69) is 29.3 Å². The van der Waals surface area contributed by atoms with E-state index >= 15 is 0 Å². The lowest BCUT2D eigenvalue weighted by Gasteiger charge is -2.25. The molecular weight excluding hydrogens is 240 g/mol. The molecule has 0 aliphatic carbocycles. The first-order valence-electron chi connectivity index (χ1n) is 7.08. The predicted octanol–water partition coefficient (Wildman–Crippen LogP) is 2.17. The number of hydrogen-bond donors (Lipinski definition) is 1. The monoisotopic (exact) mass is 264 g/mol. The molecule has 1 N–H and O–H groups in total. The molecule has 0 unspecified atom stereocenters. The van der Waals surface area contributed by atoms with Gasteiger partial charge in [0, 0.05) is 26.2 Å². The second kappa shape index (κ2) is 7.36. The minimum atomic E-state index is 0.318. The molecule has 2 rings (SSSR count). The lowest BCUT2D eigenvalue weighted by Crippen LogP contribution is -2.28. The largest absolute Gasteiger partial charge is 0.465 e. The van der Waals surface area contributed by atoms with Crippen molar-refractivity contribution < 1.29 is 9.47 Å². The number of nitrogens with one attached hydrogen (secondary N) is 1. The second-order valence-electron chi connectivity index (χ2n) is 4.82. The van der Waals surface area contributed by atoms with E-state index in [1.807, 2.05) is 13.0 Å². The molecule has 0 aromatic heterocycles. The van der Waals surface area contributed by atoms with Crippen LogP contribution in [0.25, 0.3) is 0 Å². The lowest BCUT2D eigenvalue weighted by atomic mass is 10.2. The smallest absolute Gasteiger partial charge is 0.189 e. The Hall–Kier alpha value is -1.26. The van der Waals surface area contributed by atoms with Crippen molar-refractivity contribution in [2.75, 3.05) is 44.5 Å². The first kappa shape index (κ1) is 14.2. The Kier molecular flexibility index (Phi) is 5.48. The van der Waals surface area contributed by atoms with E-state index in [1.54, 1.807) is 0 Å². The van der Waals surface area contributed by atoms with Crippen molar-refractivity contribution in [3.8, 4) is 5.75 Å². The maximum Gasteiger partial charge on any atom is 0.189 e. The van der Waals surface area contributed by atoms with E-state index in [0.717, 1.165) is 31.9 Å². The molecule has 1 aromatic carbocycles. The van der Waals surface area contributed by atoms with Crippen molar-refractivity contribution in [2.24, 2.45) is 0 Å². The van der Waals surface area contributed by atoms with Gasteiger partial charge in [-0.15, -0.1) is 0 Å². The van der Waals surface area contributed by atoms with Crippen LogP contribution in [0.15, 0.2) is 18.2 Å². The van der Waals surface area contributed by atoms with E-state index in [1.165, 1.54) is 17.7 Å². The van der Waals surface area contributed by atoms with Gasteiger partial charge in [-0.2, -0.15) is 0 Å². The number of aryl methyl sites for hydroxylation is 1. The molecule has 1 saturated heterocycles. The first-order chi connectivity index (χ1) is 9.31. The number of hydrogen-bond acceptors (Lipinski definition) is 4. The van der Waals surface area contributed by atoms with Crippen LogP contribution in [0.3, 0.4) is 0 Å². The summed E-state index contributed by atoms with van der Waals surface area (Å²) in [5.41, 5.74) is 2.44. The van der Waals surface area contributed by atoms with Crippen LogP contribution in [0.1, 0.15) is 18.9 Å². The van der Waals surface area contributed by atoms with Crippen LogP contribution in [0.2, 0.25) is 0 Å². The zero-order valence-corrected chi connectivity index (χ0v) is 11.9. The van der Waals surface area contributed by atoms with Crippen molar-refractivity contribution in [3.05, 3.63) is 23.8 Å². The van der Waals surface area contributed by atoms with Crippen LogP contribution >= 0.6 is 0 Å². The van der Waals surface area contributed by atoms with Crippen LogP contribution in [0.4, 0.5) is 5.69 Å². The molecule has 1 fully saturated rings. The predicted molar refractivity (Wildman–Crippen MR) is 78.0 cm³/mol. The van der Waals surface area contributed by atoms with Crippen LogP contribution in [0, 0.1) is 6.92 Å². The van der Waals surface area contributed by atoms with E-state index < -0.39 is 0 Å². The van der Waals surface area contributed by atoms with Crippen molar-refractivity contribution in [3.63, 3.8) is 0 Å². The normalized spacial score (nSPS) is 16.2. The molecule has 0 saturated carbocycles. The highest BCUT2D eigenvalue weighted by atomic mass is 16.7. The summed E-state index contributed by atoms with van der Waals surface area (Å²) >= 11 is 0. The topological polar surface area (TPSA) is 33.7 Å². The SMILES string of the molecule is CCOCOc1ccc(C)cc1N1CCCNCC1. The molecule has 4 heteroatoms. The summed E-state index contributed by atoms with van der Waals surface area (Å²) in [5.74, 6) is 0.918. The van der Waals surface area contributed by atoms with E-state index in [4.69, 9.17) is 9.47 Å². The molecule has 1 heterocycles. The molecular formula is C15H24N2O2. The van der Waals surface area contributed by atoms with Crippen molar-refractivity contribution in [1.82, 2.24) is 5.32 Å². The van der Waals surface area contributed by atoms with Gasteiger partial charge in [0.2, 0.25) is 0 Å². The zero-order valence-electron chi connectivity index (χ0n) is 11.9. The fourth-order valence-electron chi connectivity index (χ4n) is 2.27. The number of rotatable bonds is 5. The van der Waals surface area contributed by atoms with E-state index in [9.17, 15) is 0 Å². The van der Waals surface area contributed by atoms with Gasteiger partial charge >= 0.3 is 0 Å². The van der Waals surface area contributed by atoms with Crippen molar-refractivity contribution >= 4 is 5.69 Å². The molecule has 0 spiro atoms. The Morgan fingerprint density at radius 2 is 2.16 bits per heavy atom. The molecule has 0 amide bonds. The molecule has 0 radical (unpaired) electrons. The molecule has 4 nitrogen and oxygen atoms in total. The maximum atomic E-state index is 5.74. The molecule has 1 aromatic rings. The minimum Gasteiger partial charge on any atom is -0.465 e. The minimum absolute atomic E-state index is 0.318. The van der Waals surface area contributed by atoms with Gasteiger partial charge in [-0.3, -0.25) is 0 Å². The summed E-state index contributed by atoms with van der Waals surface area (Å²) in [6.45, 7) is 9.30. The molecule has 106 valence electrons. The fourth-order valence-corrected chi connectivity index (χ4v) is 2.27. The summed E-state index contributed by atoms with van der Waals surface area (Å²) in [6, 6.07) is 6.33. The molecule has 1 aliphatic heterocycles. The third-order valence-corrected chi connectivity index (χ3v) is 3.30. The standard InChI is InChI=1S/C15H24N2O2/c1-3-18-12-19-15-6-5-13(2)11-14(15)17-9-4-7-16-8-10-17/h5-6,11,16H,3-4,7-10,12H2,1-2H3. The van der Waals surface area contributed by atoms with Gasteiger partial charge in [0.25, 0.3) is 0 Å². The van der Waals surface area contributed by atoms with E-state index in [0.29, 0.717) is 13.4 Å². The number of anilines is 1. The average molecular weight is 264 g/mol. The highest BCUT2D eigenvalue weighted by Gasteiger charge is 2.14. The Labute approximate surface area is 115 Å². The van der Waals surface area contributed by atoms with Gasteiger partial charge in [0.15, 0.2) is 6.79 Å². The summed E-state index contributed by atoms with van der Waals surface area (Å²) in [6.07, 6.45) is 1.17. The number of nitrogens with zero attached hydrogens (tertiary/aromatic N) is 1. The van der Waals surface area contributed by atoms with Gasteiger partial charge < -0.3 is 19.7 Å². The van der Waals surface area contributed by atoms with Crippen LogP contribution < -0.4 is 15.0 Å². The van der Waals surface area contributed by atoms with Gasteiger partial charge in [0.1, 0.15) is 5.75 Å². The van der Waals surface area contributed by atoms with E-state index in [-0.39, 0.29) is 0 Å². The first-order valence-corrected chi connectivity index (χ1v) is 7.08. The molecule has 1 aliphatic rings. The van der Waals surface area contributed by atoms with Crippen molar-refractivity contribution in [1.29, 1.82) is 0 Å². The lowest BCUT2D eigenvalue weighted by molar-refractivity contribution is 0.0227. The number of benzene rings is 1. The molecule has 0 atom stereocenters. The fraction of sp³-hybridized carbons (Fsp3) is 0.600. The van der Waals surface area contributed by atoms with Crippen LogP contribution in [-0.4, -0.2) is 39.6 Å². The van der Waals surface area contributed by atoms with Gasteiger partial charge in [-0.25, -0.2) is 0 Å². The van der Waals surface area contributed by atoms with Gasteiger partial charge in [0.05, 0.1) is 5.69 Å². The third-order valence-electron chi connectivity index (χ3n) is 3.30. The Morgan fingerprint density at radius 3 is 3.00 bits per heavy atom. The highest BCUT2D eigenvalue weighted by molar-refractivity contribution is 5.60. The van der Waals surface area contributed by atoms with Gasteiger partial charge in [-0.1, -0.05) is 6.07 Å². The molecule has 0 bridgehead atoms. The number of ether oxygens (including phenoxy) is 2. The Balaban J connectivity index is 2.13. The zero-order chi connectivity index (χ0) is 13.5.